The van der Waals surface area contributed by atoms with Gasteiger partial charge in [-0.25, -0.2) is 0 Å². The Hall–Kier alpha value is -0.310. The van der Waals surface area contributed by atoms with Gasteiger partial charge in [-0.05, 0) is 13.8 Å². The predicted molar refractivity (Wildman–Crippen MR) is 43.3 cm³/mol. The Morgan fingerprint density at radius 3 is 2.00 bits per heavy atom. The summed E-state index contributed by atoms with van der Waals surface area (Å²) in [6.45, 7) is 2.98. The lowest BCUT2D eigenvalue weighted by Crippen LogP contribution is -2.15. The van der Waals surface area contributed by atoms with Gasteiger partial charge in [0.15, 0.2) is 0 Å². The second kappa shape index (κ2) is 4.50. The lowest BCUT2D eigenvalue weighted by molar-refractivity contribution is -0.125. The summed E-state index contributed by atoms with van der Waals surface area (Å²) in [4.78, 5) is 21.2. The highest BCUT2D eigenvalue weighted by Gasteiger charge is 2.13. The molecule has 58 valence electrons. The first-order valence-electron chi connectivity index (χ1n) is 3.18. The van der Waals surface area contributed by atoms with E-state index in [-0.39, 0.29) is 17.5 Å². The van der Waals surface area contributed by atoms with Crippen LogP contribution in [0.4, 0.5) is 0 Å². The van der Waals surface area contributed by atoms with Crippen molar-refractivity contribution in [2.45, 2.75) is 20.3 Å². The van der Waals surface area contributed by atoms with E-state index in [1.807, 2.05) is 0 Å². The smallest absolute Gasteiger partial charge is 0.134 e. The molecule has 0 spiro atoms. The Morgan fingerprint density at radius 2 is 1.90 bits per heavy atom. The zero-order chi connectivity index (χ0) is 8.15. The van der Waals surface area contributed by atoms with Crippen molar-refractivity contribution in [2.75, 3.05) is 5.75 Å². The van der Waals surface area contributed by atoms with Gasteiger partial charge in [0.25, 0.3) is 0 Å². The highest BCUT2D eigenvalue weighted by atomic mass is 32.1. The van der Waals surface area contributed by atoms with E-state index in [4.69, 9.17) is 0 Å². The molecule has 0 N–H and O–H groups in total. The van der Waals surface area contributed by atoms with Gasteiger partial charge in [0.05, 0.1) is 0 Å². The summed E-state index contributed by atoms with van der Waals surface area (Å²) in [5.74, 6) is 0.384. The number of hydrogen-bond acceptors (Lipinski definition) is 3. The van der Waals surface area contributed by atoms with Gasteiger partial charge in [-0.15, -0.1) is 0 Å². The van der Waals surface area contributed by atoms with Crippen LogP contribution >= 0.6 is 12.6 Å². The molecule has 0 aromatic heterocycles. The van der Waals surface area contributed by atoms with Crippen LogP contribution in [-0.2, 0) is 9.59 Å². The van der Waals surface area contributed by atoms with E-state index in [2.05, 4.69) is 12.6 Å². The lowest BCUT2D eigenvalue weighted by atomic mass is 10.0. The lowest BCUT2D eigenvalue weighted by Gasteiger charge is -2.06. The number of Topliss-reactive ketones (excluding diaryl/α,β-unsaturated/α-hetero) is 2. The van der Waals surface area contributed by atoms with E-state index in [1.54, 1.807) is 0 Å². The summed E-state index contributed by atoms with van der Waals surface area (Å²) in [6.07, 6.45) is 0.332. The van der Waals surface area contributed by atoms with Crippen molar-refractivity contribution in [3.63, 3.8) is 0 Å². The molecule has 0 saturated carbocycles. The van der Waals surface area contributed by atoms with Gasteiger partial charge >= 0.3 is 0 Å². The Morgan fingerprint density at radius 1 is 1.40 bits per heavy atom. The van der Waals surface area contributed by atoms with Crippen LogP contribution in [0.3, 0.4) is 0 Å². The summed E-state index contributed by atoms with van der Waals surface area (Å²) in [5, 5.41) is 0. The molecule has 0 aromatic carbocycles. The maximum absolute atomic E-state index is 10.7. The van der Waals surface area contributed by atoms with Crippen LogP contribution in [0, 0.1) is 5.92 Å². The van der Waals surface area contributed by atoms with E-state index in [9.17, 15) is 9.59 Å². The summed E-state index contributed by atoms with van der Waals surface area (Å²) in [5.41, 5.74) is 0. The minimum absolute atomic E-state index is 0.0465. The normalized spacial score (nSPS) is 12.7. The molecule has 0 fully saturated rings. The average molecular weight is 160 g/mol. The van der Waals surface area contributed by atoms with Crippen molar-refractivity contribution in [3.8, 4) is 0 Å². The molecule has 0 unspecified atom stereocenters. The van der Waals surface area contributed by atoms with E-state index in [1.165, 1.54) is 13.8 Å². The zero-order valence-corrected chi connectivity index (χ0v) is 7.15. The number of rotatable bonds is 4. The fourth-order valence-electron chi connectivity index (χ4n) is 0.684. The fraction of sp³-hybridized carbons (Fsp3) is 0.714. The van der Waals surface area contributed by atoms with E-state index in [0.29, 0.717) is 12.2 Å². The first-order valence-corrected chi connectivity index (χ1v) is 3.82. The zero-order valence-electron chi connectivity index (χ0n) is 6.26. The molecule has 3 heteroatoms. The Labute approximate surface area is 66.4 Å². The number of carbonyl (C=O) groups excluding carboxylic acids is 2. The summed E-state index contributed by atoms with van der Waals surface area (Å²) < 4.78 is 0. The molecule has 0 heterocycles. The average Bonchev–Trinajstić information content (AvgIpc) is 1.81. The van der Waals surface area contributed by atoms with Crippen molar-refractivity contribution >= 4 is 24.2 Å². The molecule has 1 atom stereocenters. The van der Waals surface area contributed by atoms with Gasteiger partial charge < -0.3 is 4.79 Å². The first kappa shape index (κ1) is 9.69. The monoisotopic (exact) mass is 160 g/mol. The summed E-state index contributed by atoms with van der Waals surface area (Å²) in [7, 11) is 0. The molecule has 0 aliphatic heterocycles. The van der Waals surface area contributed by atoms with Gasteiger partial charge in [-0.2, -0.15) is 12.6 Å². The van der Waals surface area contributed by atoms with Crippen molar-refractivity contribution < 1.29 is 9.59 Å². The fourth-order valence-corrected chi connectivity index (χ4v) is 1.07. The minimum atomic E-state index is -0.180. The van der Waals surface area contributed by atoms with Crippen molar-refractivity contribution in [1.29, 1.82) is 0 Å². The van der Waals surface area contributed by atoms with Gasteiger partial charge in [0.1, 0.15) is 11.6 Å². The van der Waals surface area contributed by atoms with Crippen molar-refractivity contribution in [1.82, 2.24) is 0 Å². The minimum Gasteiger partial charge on any atom is -0.300 e. The topological polar surface area (TPSA) is 34.1 Å². The van der Waals surface area contributed by atoms with Crippen molar-refractivity contribution in [3.05, 3.63) is 0 Å². The molecule has 0 aromatic rings. The van der Waals surface area contributed by atoms with Gasteiger partial charge in [0.2, 0.25) is 0 Å². The largest absolute Gasteiger partial charge is 0.300 e. The van der Waals surface area contributed by atoms with Crippen LogP contribution in [0.5, 0.6) is 0 Å². The Balaban J connectivity index is 3.83. The third kappa shape index (κ3) is 3.67. The van der Waals surface area contributed by atoms with Crippen molar-refractivity contribution in [2.24, 2.45) is 5.92 Å². The van der Waals surface area contributed by atoms with E-state index < -0.39 is 0 Å². The Kier molecular flexibility index (Phi) is 4.36. The van der Waals surface area contributed by atoms with E-state index >= 15 is 0 Å². The number of carbonyl (C=O) groups is 2. The molecule has 2 nitrogen and oxygen atoms in total. The molecule has 0 amide bonds. The number of ketones is 2. The van der Waals surface area contributed by atoms with Gasteiger partial charge in [0, 0.05) is 18.1 Å². The third-order valence-corrected chi connectivity index (χ3v) is 1.77. The molecule has 0 bridgehead atoms. The standard InChI is InChI=1S/C7H12O2S/c1-5(8)3-7(4-10)6(2)9/h7,10H,3-4H2,1-2H3/t7-/m1/s1. The molecular weight excluding hydrogens is 148 g/mol. The highest BCUT2D eigenvalue weighted by Crippen LogP contribution is 2.06. The van der Waals surface area contributed by atoms with Crippen LogP contribution < -0.4 is 0 Å². The quantitative estimate of drug-likeness (QED) is 0.625. The van der Waals surface area contributed by atoms with Crippen LogP contribution in [0.2, 0.25) is 0 Å². The summed E-state index contributed by atoms with van der Waals surface area (Å²) in [6, 6.07) is 0. The maximum atomic E-state index is 10.7. The summed E-state index contributed by atoms with van der Waals surface area (Å²) >= 11 is 3.96. The Bertz CT molecular complexity index is 143. The van der Waals surface area contributed by atoms with Gasteiger partial charge in [-0.3, -0.25) is 4.79 Å². The molecule has 0 rings (SSSR count). The molecule has 0 radical (unpaired) electrons. The maximum Gasteiger partial charge on any atom is 0.134 e. The number of hydrogen-bond donors (Lipinski definition) is 1. The van der Waals surface area contributed by atoms with Crippen LogP contribution in [-0.4, -0.2) is 17.3 Å². The third-order valence-electron chi connectivity index (χ3n) is 1.33. The first-order chi connectivity index (χ1) is 4.57. The van der Waals surface area contributed by atoms with Crippen LogP contribution in [0.15, 0.2) is 0 Å². The molecule has 0 aliphatic rings. The second-order valence-corrected chi connectivity index (χ2v) is 2.76. The predicted octanol–water partition coefficient (Wildman–Crippen LogP) is 1.10. The number of thiol groups is 1. The van der Waals surface area contributed by atoms with Crippen LogP contribution in [0.25, 0.3) is 0 Å². The SMILES string of the molecule is CC(=O)C[C@H](CS)C(C)=O. The molecule has 0 aliphatic carbocycles. The molecule has 10 heavy (non-hydrogen) atoms. The second-order valence-electron chi connectivity index (χ2n) is 2.40. The highest BCUT2D eigenvalue weighted by molar-refractivity contribution is 7.80. The molecule has 0 saturated heterocycles. The van der Waals surface area contributed by atoms with Gasteiger partial charge in [-0.1, -0.05) is 0 Å². The molecular formula is C7H12O2S. The van der Waals surface area contributed by atoms with Crippen LogP contribution in [0.1, 0.15) is 20.3 Å². The van der Waals surface area contributed by atoms with E-state index in [0.717, 1.165) is 0 Å².